The number of carboxylic acids is 1. The Labute approximate surface area is 138 Å². The second-order valence-corrected chi connectivity index (χ2v) is 6.61. The van der Waals surface area contributed by atoms with Crippen molar-refractivity contribution in [1.82, 2.24) is 5.32 Å². The number of fused-ring (bicyclic) bond motifs is 1. The molecule has 1 aromatic carbocycles. The maximum atomic E-state index is 11.4. The van der Waals surface area contributed by atoms with E-state index in [1.165, 1.54) is 5.56 Å². The highest BCUT2D eigenvalue weighted by molar-refractivity contribution is 5.73. The molecule has 0 aliphatic carbocycles. The van der Waals surface area contributed by atoms with E-state index < -0.39 is 12.0 Å². The van der Waals surface area contributed by atoms with Gasteiger partial charge in [-0.2, -0.15) is 0 Å². The Bertz CT molecular complexity index is 547. The minimum Gasteiger partial charge on any atom is -0.487 e. The first-order chi connectivity index (χ1) is 10.9. The summed E-state index contributed by atoms with van der Waals surface area (Å²) in [6.07, 6.45) is 1.81. The highest BCUT2D eigenvalue weighted by Crippen LogP contribution is 2.30. The number of carbonyl (C=O) groups is 1. The third-order valence-corrected chi connectivity index (χ3v) is 4.44. The fourth-order valence-electron chi connectivity index (χ4n) is 2.89. The van der Waals surface area contributed by atoms with E-state index in [1.807, 2.05) is 33.8 Å². The van der Waals surface area contributed by atoms with E-state index in [0.29, 0.717) is 0 Å². The first-order valence-corrected chi connectivity index (χ1v) is 8.43. The van der Waals surface area contributed by atoms with Crippen LogP contribution in [0.25, 0.3) is 0 Å². The van der Waals surface area contributed by atoms with Crippen LogP contribution in [0.4, 0.5) is 5.69 Å². The van der Waals surface area contributed by atoms with Crippen molar-refractivity contribution >= 4 is 11.7 Å². The fourth-order valence-corrected chi connectivity index (χ4v) is 2.89. The smallest absolute Gasteiger partial charge is 0.320 e. The number of anilines is 1. The number of benzene rings is 1. The molecule has 1 aliphatic rings. The van der Waals surface area contributed by atoms with E-state index >= 15 is 0 Å². The molecule has 4 atom stereocenters. The van der Waals surface area contributed by atoms with Crippen molar-refractivity contribution in [2.75, 3.05) is 11.9 Å². The van der Waals surface area contributed by atoms with Gasteiger partial charge < -0.3 is 20.5 Å². The molecule has 5 nitrogen and oxygen atoms in total. The Morgan fingerprint density at radius 3 is 2.87 bits per heavy atom. The Morgan fingerprint density at radius 1 is 1.48 bits per heavy atom. The van der Waals surface area contributed by atoms with Gasteiger partial charge in [0.05, 0.1) is 12.2 Å². The standard InChI is InChI=1S/C18H28N2O3/c1-5-11(2)17(18(21)22)20-12(3)8-14-6-7-16-15(9-14)19-10-13(4)23-16/h6-7,9,11-13,17,19-20H,5,8,10H2,1-4H3,(H,21,22). The zero-order chi connectivity index (χ0) is 17.0. The minimum atomic E-state index is -0.777. The Balaban J connectivity index is 2.00. The number of hydrogen-bond acceptors (Lipinski definition) is 4. The molecule has 3 N–H and O–H groups in total. The molecule has 1 aliphatic heterocycles. The molecule has 4 unspecified atom stereocenters. The number of rotatable bonds is 7. The highest BCUT2D eigenvalue weighted by atomic mass is 16.5. The molecule has 128 valence electrons. The number of carboxylic acid groups (broad SMARTS) is 1. The van der Waals surface area contributed by atoms with Gasteiger partial charge in [-0.15, -0.1) is 0 Å². The first kappa shape index (κ1) is 17.6. The lowest BCUT2D eigenvalue weighted by molar-refractivity contribution is -0.141. The van der Waals surface area contributed by atoms with Gasteiger partial charge >= 0.3 is 5.97 Å². The molecular formula is C18H28N2O3. The molecule has 1 heterocycles. The Kier molecular flexibility index (Phi) is 5.88. The zero-order valence-corrected chi connectivity index (χ0v) is 14.4. The topological polar surface area (TPSA) is 70.6 Å². The normalized spacial score (nSPS) is 20.6. The molecule has 5 heteroatoms. The van der Waals surface area contributed by atoms with E-state index in [4.69, 9.17) is 4.74 Å². The maximum Gasteiger partial charge on any atom is 0.320 e. The van der Waals surface area contributed by atoms with Gasteiger partial charge in [-0.05, 0) is 43.9 Å². The van der Waals surface area contributed by atoms with E-state index in [-0.39, 0.29) is 18.1 Å². The predicted molar refractivity (Wildman–Crippen MR) is 92.2 cm³/mol. The molecule has 0 amide bonds. The van der Waals surface area contributed by atoms with E-state index in [1.54, 1.807) is 0 Å². The summed E-state index contributed by atoms with van der Waals surface area (Å²) >= 11 is 0. The molecule has 23 heavy (non-hydrogen) atoms. The summed E-state index contributed by atoms with van der Waals surface area (Å²) in [6, 6.07) is 5.72. The average molecular weight is 320 g/mol. The molecule has 1 aromatic rings. The lowest BCUT2D eigenvalue weighted by Gasteiger charge is -2.27. The lowest BCUT2D eigenvalue weighted by atomic mass is 9.97. The number of aliphatic carboxylic acids is 1. The Hall–Kier alpha value is -1.75. The first-order valence-electron chi connectivity index (χ1n) is 8.43. The van der Waals surface area contributed by atoms with Crippen LogP contribution in [-0.4, -0.2) is 35.8 Å². The summed E-state index contributed by atoms with van der Waals surface area (Å²) in [5.41, 5.74) is 2.19. The number of hydrogen-bond donors (Lipinski definition) is 3. The third kappa shape index (κ3) is 4.61. The van der Waals surface area contributed by atoms with Crippen LogP contribution in [0.5, 0.6) is 5.75 Å². The molecule has 0 bridgehead atoms. The van der Waals surface area contributed by atoms with Crippen LogP contribution in [0.15, 0.2) is 18.2 Å². The van der Waals surface area contributed by atoms with Gasteiger partial charge in [-0.1, -0.05) is 26.3 Å². The van der Waals surface area contributed by atoms with Crippen LogP contribution in [0.2, 0.25) is 0 Å². The second-order valence-electron chi connectivity index (χ2n) is 6.61. The Morgan fingerprint density at radius 2 is 2.22 bits per heavy atom. The van der Waals surface area contributed by atoms with Crippen LogP contribution < -0.4 is 15.4 Å². The molecule has 0 aromatic heterocycles. The quantitative estimate of drug-likeness (QED) is 0.720. The largest absolute Gasteiger partial charge is 0.487 e. The van der Waals surface area contributed by atoms with Crippen molar-refractivity contribution in [3.63, 3.8) is 0 Å². The summed E-state index contributed by atoms with van der Waals surface area (Å²) in [7, 11) is 0. The number of nitrogens with one attached hydrogen (secondary N) is 2. The van der Waals surface area contributed by atoms with Crippen LogP contribution in [0.1, 0.15) is 39.7 Å². The number of ether oxygens (including phenoxy) is 1. The lowest BCUT2D eigenvalue weighted by Crippen LogP contribution is -2.46. The third-order valence-electron chi connectivity index (χ3n) is 4.44. The van der Waals surface area contributed by atoms with Gasteiger partial charge in [-0.25, -0.2) is 0 Å². The minimum absolute atomic E-state index is 0.0894. The fraction of sp³-hybridized carbons (Fsp3) is 0.611. The molecule has 0 radical (unpaired) electrons. The van der Waals surface area contributed by atoms with Gasteiger partial charge in [-0.3, -0.25) is 4.79 Å². The van der Waals surface area contributed by atoms with Gasteiger partial charge in [0.15, 0.2) is 0 Å². The summed E-state index contributed by atoms with van der Waals surface area (Å²) in [5, 5.41) is 16.0. The van der Waals surface area contributed by atoms with Crippen LogP contribution in [0, 0.1) is 5.92 Å². The zero-order valence-electron chi connectivity index (χ0n) is 14.4. The molecule has 0 saturated heterocycles. The van der Waals surface area contributed by atoms with Crippen molar-refractivity contribution in [3.8, 4) is 5.75 Å². The highest BCUT2D eigenvalue weighted by Gasteiger charge is 2.25. The SMILES string of the molecule is CCC(C)C(NC(C)Cc1ccc2c(c1)NCC(C)O2)C(=O)O. The molecule has 0 saturated carbocycles. The van der Waals surface area contributed by atoms with Gasteiger partial charge in [0, 0.05) is 6.04 Å². The average Bonchev–Trinajstić information content (AvgIpc) is 2.51. The molecular weight excluding hydrogens is 292 g/mol. The summed E-state index contributed by atoms with van der Waals surface area (Å²) in [4.78, 5) is 11.4. The van der Waals surface area contributed by atoms with Gasteiger partial charge in [0.2, 0.25) is 0 Å². The van der Waals surface area contributed by atoms with E-state index in [9.17, 15) is 9.90 Å². The van der Waals surface area contributed by atoms with Crippen molar-refractivity contribution in [3.05, 3.63) is 23.8 Å². The second kappa shape index (κ2) is 7.68. The predicted octanol–water partition coefficient (Wildman–Crippen LogP) is 2.90. The van der Waals surface area contributed by atoms with Crippen LogP contribution >= 0.6 is 0 Å². The van der Waals surface area contributed by atoms with Crippen molar-refractivity contribution in [2.24, 2.45) is 5.92 Å². The van der Waals surface area contributed by atoms with E-state index in [0.717, 1.165) is 30.8 Å². The molecule has 0 fully saturated rings. The van der Waals surface area contributed by atoms with Crippen molar-refractivity contribution in [2.45, 2.75) is 58.7 Å². The van der Waals surface area contributed by atoms with E-state index in [2.05, 4.69) is 22.8 Å². The summed E-state index contributed by atoms with van der Waals surface area (Å²) < 4.78 is 5.78. The molecule has 2 rings (SSSR count). The van der Waals surface area contributed by atoms with Crippen molar-refractivity contribution < 1.29 is 14.6 Å². The summed E-state index contributed by atoms with van der Waals surface area (Å²) in [6.45, 7) is 8.86. The van der Waals surface area contributed by atoms with Gasteiger partial charge in [0.1, 0.15) is 17.9 Å². The monoisotopic (exact) mass is 320 g/mol. The molecule has 0 spiro atoms. The maximum absolute atomic E-state index is 11.4. The van der Waals surface area contributed by atoms with Crippen molar-refractivity contribution in [1.29, 1.82) is 0 Å². The summed E-state index contributed by atoms with van der Waals surface area (Å²) in [5.74, 6) is 0.215. The van der Waals surface area contributed by atoms with Gasteiger partial charge in [0.25, 0.3) is 0 Å². The van der Waals surface area contributed by atoms with Crippen LogP contribution in [0.3, 0.4) is 0 Å². The van der Waals surface area contributed by atoms with Crippen LogP contribution in [-0.2, 0) is 11.2 Å².